The molecule has 0 amide bonds. The average molecular weight is 316 g/mol. The number of H-pyrrole nitrogens is 1. The Morgan fingerprint density at radius 2 is 1.84 bits per heavy atom. The predicted octanol–water partition coefficient (Wildman–Crippen LogP) is -1.03. The first-order valence-corrected chi connectivity index (χ1v) is 8.20. The minimum absolute atomic E-state index is 0.129. The van der Waals surface area contributed by atoms with E-state index in [0.717, 1.165) is 0 Å². The Labute approximate surface area is 107 Å². The number of aliphatic hydroxyl groups is 1. The molecule has 110 valence electrons. The highest BCUT2D eigenvalue weighted by molar-refractivity contribution is 7.72. The molecule has 0 aliphatic heterocycles. The third kappa shape index (κ3) is 3.95. The average Bonchev–Trinajstić information content (AvgIpc) is 2.73. The van der Waals surface area contributed by atoms with Crippen molar-refractivity contribution in [3.63, 3.8) is 0 Å². The van der Waals surface area contributed by atoms with Gasteiger partial charge in [-0.3, -0.25) is 9.13 Å². The highest BCUT2D eigenvalue weighted by atomic mass is 31.2. The van der Waals surface area contributed by atoms with Gasteiger partial charge in [0.25, 0.3) is 5.08 Å². The molecule has 1 aromatic rings. The summed E-state index contributed by atoms with van der Waals surface area (Å²) in [4.78, 5) is 41.9. The van der Waals surface area contributed by atoms with Gasteiger partial charge in [0.15, 0.2) is 0 Å². The molecule has 0 aliphatic carbocycles. The molecule has 1 heterocycles. The first kappa shape index (κ1) is 16.5. The maximum atomic E-state index is 11.0. The number of nitrogens with zero attached hydrogens (tertiary/aromatic N) is 1. The molecule has 0 atom stereocenters. The van der Waals surface area contributed by atoms with Gasteiger partial charge in [0, 0.05) is 18.8 Å². The van der Waals surface area contributed by atoms with Gasteiger partial charge >= 0.3 is 15.2 Å². The van der Waals surface area contributed by atoms with Crippen LogP contribution in [-0.4, -0.2) is 52.9 Å². The SMILES string of the molecule is O=P(O)(O)C(O)(COCCc1ncc[nH]1)P(=O)(O)O. The van der Waals surface area contributed by atoms with Gasteiger partial charge in [0.1, 0.15) is 5.82 Å². The third-order valence-electron chi connectivity index (χ3n) is 2.27. The summed E-state index contributed by atoms with van der Waals surface area (Å²) in [5, 5.41) is 5.93. The Morgan fingerprint density at radius 3 is 2.26 bits per heavy atom. The number of imidazole rings is 1. The lowest BCUT2D eigenvalue weighted by molar-refractivity contribution is 0.0258. The molecule has 0 radical (unpaired) electrons. The Bertz CT molecular complexity index is 469. The van der Waals surface area contributed by atoms with Crippen LogP contribution in [0.4, 0.5) is 0 Å². The quantitative estimate of drug-likeness (QED) is 0.271. The molecule has 0 aliphatic rings. The van der Waals surface area contributed by atoms with Crippen molar-refractivity contribution in [2.75, 3.05) is 13.2 Å². The first-order valence-electron chi connectivity index (χ1n) is 4.97. The minimum atomic E-state index is -5.47. The number of hydrogen-bond donors (Lipinski definition) is 6. The molecule has 0 saturated heterocycles. The fourth-order valence-electron chi connectivity index (χ4n) is 1.15. The van der Waals surface area contributed by atoms with E-state index in [2.05, 4.69) is 9.97 Å². The lowest BCUT2D eigenvalue weighted by Crippen LogP contribution is -2.34. The molecule has 6 N–H and O–H groups in total. The van der Waals surface area contributed by atoms with Gasteiger partial charge in [-0.2, -0.15) is 0 Å². The number of nitrogens with one attached hydrogen (secondary N) is 1. The second kappa shape index (κ2) is 5.82. The maximum Gasteiger partial charge on any atom is 0.371 e. The Kier molecular flexibility index (Phi) is 5.05. The van der Waals surface area contributed by atoms with Crippen molar-refractivity contribution in [3.05, 3.63) is 18.2 Å². The Balaban J connectivity index is 2.61. The third-order valence-corrected chi connectivity index (χ3v) is 5.95. The summed E-state index contributed by atoms with van der Waals surface area (Å²) in [5.74, 6) is 0.524. The number of rotatable bonds is 7. The fourth-order valence-corrected chi connectivity index (χ4v) is 3.03. The molecule has 0 fully saturated rings. The zero-order chi connectivity index (χ0) is 14.7. The van der Waals surface area contributed by atoms with E-state index in [-0.39, 0.29) is 13.0 Å². The largest absolute Gasteiger partial charge is 0.377 e. The van der Waals surface area contributed by atoms with E-state index in [4.69, 9.17) is 24.3 Å². The highest BCUT2D eigenvalue weighted by Crippen LogP contribution is 2.67. The van der Waals surface area contributed by atoms with Crippen LogP contribution in [-0.2, 0) is 20.3 Å². The van der Waals surface area contributed by atoms with Gasteiger partial charge in [-0.15, -0.1) is 0 Å². The molecule has 0 saturated carbocycles. The van der Waals surface area contributed by atoms with Crippen molar-refractivity contribution in [1.82, 2.24) is 9.97 Å². The molecule has 10 nitrogen and oxygen atoms in total. The number of hydrogen-bond acceptors (Lipinski definition) is 5. The zero-order valence-electron chi connectivity index (χ0n) is 9.58. The van der Waals surface area contributed by atoms with Crippen molar-refractivity contribution < 1.29 is 38.5 Å². The molecule has 1 rings (SSSR count). The first-order chi connectivity index (χ1) is 8.58. The molecule has 19 heavy (non-hydrogen) atoms. The normalized spacial score (nSPS) is 13.7. The number of aromatic amines is 1. The van der Waals surface area contributed by atoms with E-state index in [1.165, 1.54) is 6.20 Å². The Morgan fingerprint density at radius 1 is 1.26 bits per heavy atom. The van der Waals surface area contributed by atoms with Gasteiger partial charge in [-0.05, 0) is 0 Å². The van der Waals surface area contributed by atoms with Gasteiger partial charge in [-0.25, -0.2) is 4.98 Å². The van der Waals surface area contributed by atoms with Crippen LogP contribution in [0.3, 0.4) is 0 Å². The van der Waals surface area contributed by atoms with Gasteiger partial charge in [-0.1, -0.05) is 0 Å². The minimum Gasteiger partial charge on any atom is -0.377 e. The highest BCUT2D eigenvalue weighted by Gasteiger charge is 2.59. The van der Waals surface area contributed by atoms with E-state index >= 15 is 0 Å². The summed E-state index contributed by atoms with van der Waals surface area (Å²) in [5.41, 5.74) is 0. The fraction of sp³-hybridized carbons (Fsp3) is 0.571. The van der Waals surface area contributed by atoms with Crippen LogP contribution in [0.2, 0.25) is 0 Å². The van der Waals surface area contributed by atoms with Crippen molar-refractivity contribution in [2.24, 2.45) is 0 Å². The molecular weight excluding hydrogens is 302 g/mol. The van der Waals surface area contributed by atoms with Gasteiger partial charge in [0.2, 0.25) is 0 Å². The van der Waals surface area contributed by atoms with E-state index in [9.17, 15) is 14.2 Å². The summed E-state index contributed by atoms with van der Waals surface area (Å²) in [6.07, 6.45) is 3.26. The topological polar surface area (TPSA) is 173 Å². The molecule has 12 heteroatoms. The maximum absolute atomic E-state index is 11.0. The molecule has 1 aromatic heterocycles. The number of ether oxygens (including phenoxy) is 1. The van der Waals surface area contributed by atoms with Crippen LogP contribution in [0.25, 0.3) is 0 Å². The molecular formula is C7H14N2O8P2. The standard InChI is InChI=1S/C7H14N2O8P2/c10-7(18(11,12)13,19(14,15)16)5-17-4-1-6-8-2-3-9-6/h2-3,10H,1,4-5H2,(H,8,9)(H2,11,12,13)(H2,14,15,16). The van der Waals surface area contributed by atoms with E-state index in [1.807, 2.05) is 0 Å². The predicted molar refractivity (Wildman–Crippen MR) is 62.1 cm³/mol. The second-order valence-corrected chi connectivity index (χ2v) is 7.71. The van der Waals surface area contributed by atoms with Crippen LogP contribution < -0.4 is 0 Å². The molecule has 0 aromatic carbocycles. The zero-order valence-corrected chi connectivity index (χ0v) is 11.4. The van der Waals surface area contributed by atoms with Gasteiger partial charge < -0.3 is 34.4 Å². The summed E-state index contributed by atoms with van der Waals surface area (Å²) in [7, 11) is -10.9. The monoisotopic (exact) mass is 316 g/mol. The lowest BCUT2D eigenvalue weighted by Gasteiger charge is -2.28. The van der Waals surface area contributed by atoms with Crippen LogP contribution in [0.5, 0.6) is 0 Å². The molecule has 0 bridgehead atoms. The van der Waals surface area contributed by atoms with E-state index < -0.39 is 26.9 Å². The summed E-state index contributed by atoms with van der Waals surface area (Å²) in [6, 6.07) is 0. The van der Waals surface area contributed by atoms with Crippen LogP contribution in [0.1, 0.15) is 5.82 Å². The van der Waals surface area contributed by atoms with Crippen LogP contribution in [0.15, 0.2) is 12.4 Å². The number of aromatic nitrogens is 2. The van der Waals surface area contributed by atoms with E-state index in [0.29, 0.717) is 5.82 Å². The van der Waals surface area contributed by atoms with E-state index in [1.54, 1.807) is 6.20 Å². The Hall–Kier alpha value is -0.570. The van der Waals surface area contributed by atoms with Crippen molar-refractivity contribution >= 4 is 15.2 Å². The second-order valence-electron chi connectivity index (χ2n) is 3.70. The smallest absolute Gasteiger partial charge is 0.371 e. The molecule has 0 spiro atoms. The lowest BCUT2D eigenvalue weighted by atomic mass is 10.4. The van der Waals surface area contributed by atoms with Crippen molar-refractivity contribution in [1.29, 1.82) is 0 Å². The van der Waals surface area contributed by atoms with Gasteiger partial charge in [0.05, 0.1) is 13.2 Å². The summed E-state index contributed by atoms with van der Waals surface area (Å²) >= 11 is 0. The van der Waals surface area contributed by atoms with Crippen LogP contribution >= 0.6 is 15.2 Å². The summed E-state index contributed by atoms with van der Waals surface area (Å²) in [6.45, 7) is -1.32. The summed E-state index contributed by atoms with van der Waals surface area (Å²) < 4.78 is 26.7. The molecule has 0 unspecified atom stereocenters. The van der Waals surface area contributed by atoms with Crippen molar-refractivity contribution in [3.8, 4) is 0 Å². The van der Waals surface area contributed by atoms with Crippen LogP contribution in [0, 0.1) is 0 Å². The van der Waals surface area contributed by atoms with Crippen molar-refractivity contribution in [2.45, 2.75) is 11.5 Å².